The third-order valence-electron chi connectivity index (χ3n) is 2.95. The van der Waals surface area contributed by atoms with Gasteiger partial charge in [-0.15, -0.1) is 0 Å². The molecule has 0 aromatic carbocycles. The Morgan fingerprint density at radius 1 is 1.45 bits per heavy atom. The Morgan fingerprint density at radius 3 is 2.50 bits per heavy atom. The van der Waals surface area contributed by atoms with E-state index in [1.165, 1.54) is 4.90 Å². The van der Waals surface area contributed by atoms with Gasteiger partial charge in [0.05, 0.1) is 12.1 Å². The van der Waals surface area contributed by atoms with Crippen LogP contribution in [0.1, 0.15) is 33.6 Å². The summed E-state index contributed by atoms with van der Waals surface area (Å²) in [4.78, 5) is 13.7. The minimum Gasteiger partial charge on any atom is -0.325 e. The van der Waals surface area contributed by atoms with E-state index in [4.69, 9.17) is 9.81 Å². The number of hydroxylamine groups is 1. The molecule has 2 N–H and O–H groups in total. The van der Waals surface area contributed by atoms with Gasteiger partial charge in [-0.2, -0.15) is 23.4 Å². The maximum atomic E-state index is 12.3. The summed E-state index contributed by atoms with van der Waals surface area (Å²) < 4.78 is 33.6. The van der Waals surface area contributed by atoms with Gasteiger partial charge >= 0.3 is 10.4 Å². The van der Waals surface area contributed by atoms with Crippen molar-refractivity contribution in [3.63, 3.8) is 0 Å². The van der Waals surface area contributed by atoms with Crippen LogP contribution in [0.25, 0.3) is 0 Å². The highest BCUT2D eigenvalue weighted by atomic mass is 32.3. The van der Waals surface area contributed by atoms with Gasteiger partial charge in [0.25, 0.3) is 0 Å². The summed E-state index contributed by atoms with van der Waals surface area (Å²) in [7, 11) is -4.59. The van der Waals surface area contributed by atoms with E-state index in [1.807, 2.05) is 0 Å². The molecule has 1 amide bonds. The predicted molar refractivity (Wildman–Crippen MR) is 69.4 cm³/mol. The summed E-state index contributed by atoms with van der Waals surface area (Å²) in [6.07, 6.45) is 0.868. The SMILES string of the molecule is CC(C)(C)C(=O)N1C[C@H](NOS(=O)(=O)O)CC[C@H]1C#N. The maximum absolute atomic E-state index is 12.3. The number of carbonyl (C=O) groups is 1. The molecule has 0 saturated carbocycles. The minimum absolute atomic E-state index is 0.143. The summed E-state index contributed by atoms with van der Waals surface area (Å²) in [5, 5.41) is 9.09. The molecule has 8 nitrogen and oxygen atoms in total. The van der Waals surface area contributed by atoms with E-state index < -0.39 is 27.9 Å². The summed E-state index contributed by atoms with van der Waals surface area (Å²) in [6.45, 7) is 5.38. The van der Waals surface area contributed by atoms with Gasteiger partial charge in [-0.1, -0.05) is 20.8 Å². The number of amides is 1. The fourth-order valence-electron chi connectivity index (χ4n) is 1.99. The van der Waals surface area contributed by atoms with Crippen LogP contribution in [0.3, 0.4) is 0 Å². The Labute approximate surface area is 118 Å². The molecule has 0 aromatic heterocycles. The lowest BCUT2D eigenvalue weighted by atomic mass is 9.90. The molecule has 9 heteroatoms. The van der Waals surface area contributed by atoms with E-state index in [0.29, 0.717) is 12.8 Å². The Bertz CT molecular complexity index is 505. The molecule has 1 saturated heterocycles. The molecule has 1 fully saturated rings. The highest BCUT2D eigenvalue weighted by Crippen LogP contribution is 2.24. The average molecular weight is 305 g/mol. The first-order chi connectivity index (χ1) is 9.04. The maximum Gasteiger partial charge on any atom is 0.413 e. The van der Waals surface area contributed by atoms with Crippen LogP contribution in [0.5, 0.6) is 0 Å². The number of nitrogens with zero attached hydrogens (tertiary/aromatic N) is 2. The standard InChI is InChI=1S/C11H19N3O5S/c1-11(2,3)10(15)14-7-8(4-5-9(14)6-12)13-19-20(16,17)18/h8-9,13H,4-5,7H2,1-3H3,(H,16,17,18)/t8-,9+/m1/s1. The molecular formula is C11H19N3O5S. The van der Waals surface area contributed by atoms with Crippen LogP contribution in [-0.2, 0) is 19.5 Å². The second-order valence-corrected chi connectivity index (χ2v) is 6.78. The van der Waals surface area contributed by atoms with Gasteiger partial charge in [0.2, 0.25) is 5.91 Å². The quantitative estimate of drug-likeness (QED) is 0.566. The molecule has 0 bridgehead atoms. The van der Waals surface area contributed by atoms with Crippen molar-refractivity contribution in [1.82, 2.24) is 10.4 Å². The number of rotatable bonds is 3. The fourth-order valence-corrected chi connectivity index (χ4v) is 2.24. The monoisotopic (exact) mass is 305 g/mol. The van der Waals surface area contributed by atoms with Crippen molar-refractivity contribution in [2.75, 3.05) is 6.54 Å². The summed E-state index contributed by atoms with van der Waals surface area (Å²) in [5.41, 5.74) is 1.56. The third kappa shape index (κ3) is 4.72. The molecule has 114 valence electrons. The van der Waals surface area contributed by atoms with Gasteiger partial charge in [0, 0.05) is 12.0 Å². The smallest absolute Gasteiger partial charge is 0.325 e. The van der Waals surface area contributed by atoms with Crippen molar-refractivity contribution in [3.05, 3.63) is 0 Å². The minimum atomic E-state index is -4.59. The van der Waals surface area contributed by atoms with E-state index in [0.717, 1.165) is 0 Å². The Balaban J connectivity index is 2.76. The number of nitrogens with one attached hydrogen (secondary N) is 1. The first-order valence-electron chi connectivity index (χ1n) is 6.16. The van der Waals surface area contributed by atoms with Crippen molar-refractivity contribution in [1.29, 1.82) is 5.26 Å². The lowest BCUT2D eigenvalue weighted by Gasteiger charge is -2.39. The zero-order chi connectivity index (χ0) is 15.6. The summed E-state index contributed by atoms with van der Waals surface area (Å²) in [6, 6.07) is 1.07. The van der Waals surface area contributed by atoms with Gasteiger partial charge in [-0.3, -0.25) is 9.35 Å². The van der Waals surface area contributed by atoms with Crippen molar-refractivity contribution in [2.45, 2.75) is 45.7 Å². The molecule has 1 heterocycles. The second-order valence-electron chi connectivity index (χ2n) is 5.76. The molecule has 0 unspecified atom stereocenters. The Hall–Kier alpha value is -1.21. The lowest BCUT2D eigenvalue weighted by Crippen LogP contribution is -2.55. The number of hydrogen-bond donors (Lipinski definition) is 2. The van der Waals surface area contributed by atoms with Gasteiger partial charge in [-0.25, -0.2) is 0 Å². The zero-order valence-corrected chi connectivity index (χ0v) is 12.5. The van der Waals surface area contributed by atoms with Gasteiger partial charge < -0.3 is 4.90 Å². The first-order valence-corrected chi connectivity index (χ1v) is 7.53. The molecule has 1 aliphatic rings. The van der Waals surface area contributed by atoms with Gasteiger partial charge in [0.1, 0.15) is 6.04 Å². The molecule has 0 spiro atoms. The average Bonchev–Trinajstić information content (AvgIpc) is 2.33. The van der Waals surface area contributed by atoms with E-state index in [2.05, 4.69) is 15.8 Å². The fraction of sp³-hybridized carbons (Fsp3) is 0.818. The largest absolute Gasteiger partial charge is 0.413 e. The van der Waals surface area contributed by atoms with Crippen LogP contribution >= 0.6 is 0 Å². The Kier molecular flexibility index (Phi) is 5.10. The number of carbonyl (C=O) groups excluding carboxylic acids is 1. The van der Waals surface area contributed by atoms with E-state index in [9.17, 15) is 13.2 Å². The molecule has 1 aliphatic heterocycles. The first kappa shape index (κ1) is 16.8. The zero-order valence-electron chi connectivity index (χ0n) is 11.7. The molecule has 1 rings (SSSR count). The van der Waals surface area contributed by atoms with Crippen molar-refractivity contribution in [3.8, 4) is 6.07 Å². The van der Waals surface area contributed by atoms with Crippen LogP contribution in [0, 0.1) is 16.7 Å². The number of hydrogen-bond acceptors (Lipinski definition) is 6. The highest BCUT2D eigenvalue weighted by Gasteiger charge is 2.37. The lowest BCUT2D eigenvalue weighted by molar-refractivity contribution is -0.143. The van der Waals surface area contributed by atoms with E-state index in [1.54, 1.807) is 20.8 Å². The number of nitriles is 1. The number of piperidine rings is 1. The normalized spacial score (nSPS) is 24.2. The molecule has 0 aromatic rings. The summed E-state index contributed by atoms with van der Waals surface area (Å²) in [5.74, 6) is -0.192. The van der Waals surface area contributed by atoms with Gasteiger partial charge in [0.15, 0.2) is 0 Å². The van der Waals surface area contributed by atoms with Crippen molar-refractivity contribution in [2.24, 2.45) is 5.41 Å². The Morgan fingerprint density at radius 2 is 2.05 bits per heavy atom. The van der Waals surface area contributed by atoms with E-state index >= 15 is 0 Å². The van der Waals surface area contributed by atoms with Crippen LogP contribution in [0.2, 0.25) is 0 Å². The number of likely N-dealkylation sites (tertiary alicyclic amines) is 1. The van der Waals surface area contributed by atoms with Crippen LogP contribution in [0.4, 0.5) is 0 Å². The predicted octanol–water partition coefficient (Wildman–Crippen LogP) is 0.240. The topological polar surface area (TPSA) is 120 Å². The van der Waals surface area contributed by atoms with Crippen LogP contribution in [-0.4, -0.2) is 42.4 Å². The van der Waals surface area contributed by atoms with Gasteiger partial charge in [-0.05, 0) is 12.8 Å². The molecular weight excluding hydrogens is 286 g/mol. The van der Waals surface area contributed by atoms with Crippen molar-refractivity contribution >= 4 is 16.3 Å². The van der Waals surface area contributed by atoms with Crippen LogP contribution < -0.4 is 5.48 Å². The second kappa shape index (κ2) is 6.05. The third-order valence-corrected chi connectivity index (χ3v) is 3.26. The molecule has 2 atom stereocenters. The van der Waals surface area contributed by atoms with E-state index in [-0.39, 0.29) is 12.5 Å². The molecule has 20 heavy (non-hydrogen) atoms. The van der Waals surface area contributed by atoms with Crippen LogP contribution in [0.15, 0.2) is 0 Å². The van der Waals surface area contributed by atoms with Crippen molar-refractivity contribution < 1.29 is 22.0 Å². The molecule has 0 radical (unpaired) electrons. The highest BCUT2D eigenvalue weighted by molar-refractivity contribution is 7.80. The summed E-state index contributed by atoms with van der Waals surface area (Å²) >= 11 is 0. The molecule has 0 aliphatic carbocycles.